The van der Waals surface area contributed by atoms with Gasteiger partial charge in [-0.05, 0) is 44.2 Å². The minimum atomic E-state index is -4.68. The molecule has 0 saturated heterocycles. The number of halogens is 4. The summed E-state index contributed by atoms with van der Waals surface area (Å²) in [6.07, 6.45) is -4.68. The van der Waals surface area contributed by atoms with Crippen LogP contribution in [0, 0.1) is 6.92 Å². The van der Waals surface area contributed by atoms with E-state index in [9.17, 15) is 26.4 Å². The number of amides is 1. The van der Waals surface area contributed by atoms with Crippen LogP contribution in [0.1, 0.15) is 18.1 Å². The maximum atomic E-state index is 12.9. The molecule has 0 unspecified atom stereocenters. The Kier molecular flexibility index (Phi) is 6.18. The van der Waals surface area contributed by atoms with Crippen molar-refractivity contribution < 1.29 is 26.4 Å². The van der Waals surface area contributed by atoms with Gasteiger partial charge in [0.25, 0.3) is 0 Å². The van der Waals surface area contributed by atoms with Crippen molar-refractivity contribution in [2.45, 2.75) is 31.0 Å². The van der Waals surface area contributed by atoms with E-state index < -0.39 is 38.7 Å². The van der Waals surface area contributed by atoms with E-state index in [2.05, 4.69) is 10.0 Å². The fourth-order valence-electron chi connectivity index (χ4n) is 2.14. The van der Waals surface area contributed by atoms with Crippen molar-refractivity contribution in [2.75, 3.05) is 5.32 Å². The van der Waals surface area contributed by atoms with Crippen LogP contribution in [-0.4, -0.2) is 20.4 Å². The molecule has 0 radical (unpaired) electrons. The van der Waals surface area contributed by atoms with Crippen molar-refractivity contribution in [3.8, 4) is 0 Å². The predicted molar refractivity (Wildman–Crippen MR) is 96.0 cm³/mol. The lowest BCUT2D eigenvalue weighted by molar-refractivity contribution is -0.137. The van der Waals surface area contributed by atoms with Crippen LogP contribution < -0.4 is 10.0 Å². The molecular formula is C17H16ClF3N2O3S. The number of sulfonamides is 1. The van der Waals surface area contributed by atoms with Gasteiger partial charge >= 0.3 is 6.18 Å². The highest BCUT2D eigenvalue weighted by atomic mass is 35.5. The Morgan fingerprint density at radius 3 is 2.26 bits per heavy atom. The summed E-state index contributed by atoms with van der Waals surface area (Å²) in [6, 6.07) is 7.63. The molecule has 27 heavy (non-hydrogen) atoms. The van der Waals surface area contributed by atoms with Crippen molar-refractivity contribution in [2.24, 2.45) is 0 Å². The smallest absolute Gasteiger partial charge is 0.325 e. The summed E-state index contributed by atoms with van der Waals surface area (Å²) in [5, 5.41) is 1.73. The number of anilines is 1. The molecule has 2 rings (SSSR count). The van der Waals surface area contributed by atoms with Crippen LogP contribution in [0.4, 0.5) is 18.9 Å². The van der Waals surface area contributed by atoms with E-state index >= 15 is 0 Å². The van der Waals surface area contributed by atoms with E-state index in [4.69, 9.17) is 11.6 Å². The summed E-state index contributed by atoms with van der Waals surface area (Å²) in [5.41, 5.74) is -0.393. The minimum Gasteiger partial charge on any atom is -0.325 e. The molecule has 2 N–H and O–H groups in total. The Hall–Kier alpha value is -2.10. The fraction of sp³-hybridized carbons (Fsp3) is 0.235. The molecule has 0 fully saturated rings. The minimum absolute atomic E-state index is 0.0291. The van der Waals surface area contributed by atoms with Crippen LogP contribution in [0.25, 0.3) is 0 Å². The topological polar surface area (TPSA) is 75.3 Å². The van der Waals surface area contributed by atoms with Gasteiger partial charge in [-0.1, -0.05) is 29.3 Å². The van der Waals surface area contributed by atoms with Crippen LogP contribution in [0.2, 0.25) is 5.02 Å². The molecule has 2 aromatic carbocycles. The third-order valence-electron chi connectivity index (χ3n) is 3.60. The number of alkyl halides is 3. The molecule has 0 heterocycles. The standard InChI is InChI=1S/C17H16ClF3N2O3S/c1-10-3-6-13(7-4-10)27(25,26)23-11(2)16(24)22-12-5-8-15(18)14(9-12)17(19,20)21/h3-9,11,23H,1-2H3,(H,22,24)/t11-/m0/s1. The number of aryl methyl sites for hydroxylation is 1. The number of benzene rings is 2. The van der Waals surface area contributed by atoms with Crippen molar-refractivity contribution in [3.05, 3.63) is 58.6 Å². The highest BCUT2D eigenvalue weighted by Crippen LogP contribution is 2.36. The predicted octanol–water partition coefficient (Wildman–Crippen LogP) is 3.97. The number of carbonyl (C=O) groups excluding carboxylic acids is 1. The molecule has 1 amide bonds. The van der Waals surface area contributed by atoms with Crippen LogP contribution in [0.3, 0.4) is 0 Å². The zero-order valence-electron chi connectivity index (χ0n) is 14.3. The molecule has 0 aliphatic rings. The average Bonchev–Trinajstić information content (AvgIpc) is 2.55. The Morgan fingerprint density at radius 1 is 1.11 bits per heavy atom. The number of carbonyl (C=O) groups is 1. The molecule has 0 aliphatic heterocycles. The van der Waals surface area contributed by atoms with Gasteiger partial charge in [-0.15, -0.1) is 0 Å². The summed E-state index contributed by atoms with van der Waals surface area (Å²) in [4.78, 5) is 12.1. The Labute approximate surface area is 159 Å². The van der Waals surface area contributed by atoms with E-state index in [1.807, 2.05) is 0 Å². The Morgan fingerprint density at radius 2 is 1.70 bits per heavy atom. The van der Waals surface area contributed by atoms with Gasteiger partial charge in [-0.25, -0.2) is 8.42 Å². The van der Waals surface area contributed by atoms with Crippen molar-refractivity contribution >= 4 is 33.2 Å². The number of hydrogen-bond acceptors (Lipinski definition) is 3. The molecule has 1 atom stereocenters. The van der Waals surface area contributed by atoms with Gasteiger partial charge in [0.15, 0.2) is 0 Å². The Balaban J connectivity index is 2.13. The highest BCUT2D eigenvalue weighted by Gasteiger charge is 2.33. The first-order valence-electron chi connectivity index (χ1n) is 7.67. The summed E-state index contributed by atoms with van der Waals surface area (Å²) >= 11 is 5.52. The van der Waals surface area contributed by atoms with Crippen molar-refractivity contribution in [3.63, 3.8) is 0 Å². The van der Waals surface area contributed by atoms with E-state index in [1.54, 1.807) is 19.1 Å². The van der Waals surface area contributed by atoms with Gasteiger partial charge in [0.2, 0.25) is 15.9 Å². The van der Waals surface area contributed by atoms with Crippen LogP contribution in [-0.2, 0) is 21.0 Å². The number of rotatable bonds is 5. The lowest BCUT2D eigenvalue weighted by Gasteiger charge is -2.16. The second kappa shape index (κ2) is 7.87. The first-order chi connectivity index (χ1) is 12.4. The summed E-state index contributed by atoms with van der Waals surface area (Å²) in [6.45, 7) is 3.07. The van der Waals surface area contributed by atoms with Gasteiger partial charge in [-0.3, -0.25) is 4.79 Å². The quantitative estimate of drug-likeness (QED) is 0.768. The second-order valence-corrected chi connectivity index (χ2v) is 7.96. The lowest BCUT2D eigenvalue weighted by atomic mass is 10.2. The maximum Gasteiger partial charge on any atom is 0.417 e. The zero-order chi connectivity index (χ0) is 20.4. The first kappa shape index (κ1) is 21.2. The number of hydrogen-bond donors (Lipinski definition) is 2. The lowest BCUT2D eigenvalue weighted by Crippen LogP contribution is -2.41. The third kappa shape index (κ3) is 5.44. The first-order valence-corrected chi connectivity index (χ1v) is 9.53. The molecular weight excluding hydrogens is 405 g/mol. The van der Waals surface area contributed by atoms with E-state index in [1.165, 1.54) is 25.1 Å². The molecule has 0 bridgehead atoms. The van der Waals surface area contributed by atoms with Gasteiger partial charge in [-0.2, -0.15) is 17.9 Å². The van der Waals surface area contributed by atoms with Crippen LogP contribution in [0.5, 0.6) is 0 Å². The van der Waals surface area contributed by atoms with Gasteiger partial charge < -0.3 is 5.32 Å². The van der Waals surface area contributed by atoms with Gasteiger partial charge in [0.1, 0.15) is 0 Å². The largest absolute Gasteiger partial charge is 0.417 e. The van der Waals surface area contributed by atoms with Gasteiger partial charge in [0.05, 0.1) is 21.5 Å². The molecule has 146 valence electrons. The monoisotopic (exact) mass is 420 g/mol. The summed E-state index contributed by atoms with van der Waals surface area (Å²) in [5.74, 6) is -0.818. The van der Waals surface area contributed by atoms with Gasteiger partial charge in [0, 0.05) is 5.69 Å². The third-order valence-corrected chi connectivity index (χ3v) is 5.48. The average molecular weight is 421 g/mol. The molecule has 0 spiro atoms. The molecule has 0 aromatic heterocycles. The SMILES string of the molecule is Cc1ccc(S(=O)(=O)N[C@@H](C)C(=O)Nc2ccc(Cl)c(C(F)(F)F)c2)cc1. The normalized spacial score (nSPS) is 13.3. The van der Waals surface area contributed by atoms with Crippen LogP contribution in [0.15, 0.2) is 47.4 Å². The van der Waals surface area contributed by atoms with Crippen LogP contribution >= 0.6 is 11.6 Å². The fourth-order valence-corrected chi connectivity index (χ4v) is 3.57. The molecule has 0 saturated carbocycles. The van der Waals surface area contributed by atoms with E-state index in [-0.39, 0.29) is 10.6 Å². The molecule has 5 nitrogen and oxygen atoms in total. The summed E-state index contributed by atoms with van der Waals surface area (Å²) in [7, 11) is -3.96. The Bertz CT molecular complexity index is 945. The number of nitrogens with one attached hydrogen (secondary N) is 2. The second-order valence-electron chi connectivity index (χ2n) is 5.84. The highest BCUT2D eigenvalue weighted by molar-refractivity contribution is 7.89. The summed E-state index contributed by atoms with van der Waals surface area (Å²) < 4.78 is 65.4. The molecule has 0 aliphatic carbocycles. The molecule has 10 heteroatoms. The van der Waals surface area contributed by atoms with E-state index in [0.29, 0.717) is 6.07 Å². The van der Waals surface area contributed by atoms with Crippen molar-refractivity contribution in [1.29, 1.82) is 0 Å². The molecule has 2 aromatic rings. The van der Waals surface area contributed by atoms with E-state index in [0.717, 1.165) is 11.6 Å². The van der Waals surface area contributed by atoms with Crippen molar-refractivity contribution in [1.82, 2.24) is 4.72 Å². The maximum absolute atomic E-state index is 12.9. The zero-order valence-corrected chi connectivity index (χ0v) is 15.8.